The zero-order valence-electron chi connectivity index (χ0n) is 33.6. The molecule has 2 heterocycles. The monoisotopic (exact) mass is 827 g/mol. The number of likely N-dealkylation sites (N-methyl/N-ethyl adjacent to an activating group) is 2. The van der Waals surface area contributed by atoms with Crippen LogP contribution in [0.2, 0.25) is 0 Å². The maximum Gasteiger partial charge on any atom is 0.249 e. The van der Waals surface area contributed by atoms with Gasteiger partial charge in [-0.15, -0.1) is 24.8 Å². The summed E-state index contributed by atoms with van der Waals surface area (Å²) in [5.74, 6) is 4.74. The fraction of sp³-hybridized carbons (Fsp3) is 0.548. The van der Waals surface area contributed by atoms with Crippen molar-refractivity contribution < 1.29 is 28.7 Å². The Kier molecular flexibility index (Phi) is 18.8. The van der Waals surface area contributed by atoms with E-state index in [9.17, 15) is 24.0 Å². The fourth-order valence-electron chi connectivity index (χ4n) is 7.42. The highest BCUT2D eigenvalue weighted by atomic mass is 35.5. The van der Waals surface area contributed by atoms with Crippen LogP contribution >= 0.6 is 24.8 Å². The molecule has 3 aliphatic rings. The van der Waals surface area contributed by atoms with Crippen molar-refractivity contribution in [3.63, 3.8) is 0 Å². The van der Waals surface area contributed by atoms with Gasteiger partial charge in [-0.1, -0.05) is 48.2 Å². The molecular weight excluding hydrogens is 769 g/mol. The molecule has 2 aromatic rings. The first-order valence-corrected chi connectivity index (χ1v) is 19.7. The van der Waals surface area contributed by atoms with Crippen molar-refractivity contribution in [3.05, 3.63) is 70.8 Å². The third kappa shape index (κ3) is 12.2. The molecule has 1 aliphatic carbocycles. The van der Waals surface area contributed by atoms with Crippen molar-refractivity contribution in [2.75, 3.05) is 40.3 Å². The van der Waals surface area contributed by atoms with E-state index in [1.54, 1.807) is 68.9 Å². The number of hydrogen-bond donors (Lipinski definition) is 5. The van der Waals surface area contributed by atoms with Crippen molar-refractivity contribution in [2.45, 2.75) is 108 Å². The van der Waals surface area contributed by atoms with Crippen molar-refractivity contribution in [1.82, 2.24) is 36.4 Å². The van der Waals surface area contributed by atoms with Gasteiger partial charge in [0.15, 0.2) is 0 Å². The van der Waals surface area contributed by atoms with Gasteiger partial charge in [0.25, 0.3) is 0 Å². The summed E-state index contributed by atoms with van der Waals surface area (Å²) >= 11 is 0. The van der Waals surface area contributed by atoms with E-state index in [2.05, 4.69) is 50.6 Å². The highest BCUT2D eigenvalue weighted by Gasteiger charge is 2.41. The molecule has 7 atom stereocenters. The zero-order valence-corrected chi connectivity index (χ0v) is 35.2. The van der Waals surface area contributed by atoms with Gasteiger partial charge < -0.3 is 41.1 Å². The van der Waals surface area contributed by atoms with Crippen LogP contribution in [0.15, 0.2) is 48.5 Å². The minimum Gasteiger partial charge on any atom is -0.363 e. The van der Waals surface area contributed by atoms with E-state index >= 15 is 0 Å². The number of fused-ring (bicyclic) bond motifs is 1. The second-order valence-corrected chi connectivity index (χ2v) is 14.8. The van der Waals surface area contributed by atoms with Crippen molar-refractivity contribution >= 4 is 54.3 Å². The number of nitrogens with zero attached hydrogens (tertiary/aromatic N) is 2. The summed E-state index contributed by atoms with van der Waals surface area (Å²) < 4.78 is 6.04. The second-order valence-electron chi connectivity index (χ2n) is 14.8. The summed E-state index contributed by atoms with van der Waals surface area (Å²) in [7, 11) is 3.36. The number of carbonyl (C=O) groups is 5. The Morgan fingerprint density at radius 3 is 2.11 bits per heavy atom. The number of ether oxygens (including phenoxy) is 1. The Balaban J connectivity index is 0.00000435. The Morgan fingerprint density at radius 1 is 0.789 bits per heavy atom. The molecule has 0 radical (unpaired) electrons. The summed E-state index contributed by atoms with van der Waals surface area (Å²) in [6.45, 7) is 6.87. The van der Waals surface area contributed by atoms with Crippen molar-refractivity contribution in [1.29, 1.82) is 0 Å². The second kappa shape index (κ2) is 22.7. The quantitative estimate of drug-likeness (QED) is 0.182. The molecule has 2 aliphatic heterocycles. The normalized spacial score (nSPS) is 19.8. The molecule has 0 unspecified atom stereocenters. The van der Waals surface area contributed by atoms with Crippen LogP contribution in [0.1, 0.15) is 93.6 Å². The number of carbonyl (C=O) groups excluding carboxylic acids is 5. The molecule has 2 aromatic carbocycles. The molecule has 5 N–H and O–H groups in total. The predicted molar refractivity (Wildman–Crippen MR) is 224 cm³/mol. The van der Waals surface area contributed by atoms with E-state index in [1.807, 2.05) is 12.1 Å². The molecule has 312 valence electrons. The van der Waals surface area contributed by atoms with Gasteiger partial charge in [-0.05, 0) is 109 Å². The van der Waals surface area contributed by atoms with Gasteiger partial charge in [0.05, 0.1) is 24.2 Å². The van der Waals surface area contributed by atoms with Gasteiger partial charge in [-0.3, -0.25) is 24.0 Å². The maximum atomic E-state index is 14.2. The summed E-state index contributed by atoms with van der Waals surface area (Å²) in [6, 6.07) is 11.7. The number of amides is 5. The lowest BCUT2D eigenvalue weighted by Gasteiger charge is -2.33. The summed E-state index contributed by atoms with van der Waals surface area (Å²) in [4.78, 5) is 70.5. The first-order chi connectivity index (χ1) is 26.5. The summed E-state index contributed by atoms with van der Waals surface area (Å²) in [6.07, 6.45) is 5.14. The maximum absolute atomic E-state index is 14.2. The van der Waals surface area contributed by atoms with Crippen LogP contribution in [0.5, 0.6) is 0 Å². The van der Waals surface area contributed by atoms with Crippen LogP contribution in [0.4, 0.5) is 0 Å². The number of hydrogen-bond acceptors (Lipinski definition) is 8. The molecular formula is C42H59Cl2N7O6. The Hall–Kier alpha value is -4.19. The Morgan fingerprint density at radius 2 is 1.44 bits per heavy atom. The van der Waals surface area contributed by atoms with E-state index in [0.29, 0.717) is 43.6 Å². The minimum atomic E-state index is -1.04. The number of nitrogens with one attached hydrogen (secondary N) is 5. The largest absolute Gasteiger partial charge is 0.363 e. The third-order valence-corrected chi connectivity index (χ3v) is 11.1. The van der Waals surface area contributed by atoms with Crippen LogP contribution in [-0.4, -0.2) is 110 Å². The number of likely N-dealkylation sites (tertiary alicyclic amines) is 2. The third-order valence-electron chi connectivity index (χ3n) is 11.1. The average molecular weight is 829 g/mol. The van der Waals surface area contributed by atoms with Crippen LogP contribution in [0.25, 0.3) is 0 Å². The van der Waals surface area contributed by atoms with Crippen LogP contribution in [0, 0.1) is 11.8 Å². The molecule has 15 heteroatoms. The van der Waals surface area contributed by atoms with Gasteiger partial charge in [0.1, 0.15) is 24.7 Å². The van der Waals surface area contributed by atoms with Gasteiger partial charge in [0.2, 0.25) is 29.5 Å². The van der Waals surface area contributed by atoms with Crippen molar-refractivity contribution in [3.8, 4) is 11.8 Å². The lowest BCUT2D eigenvalue weighted by molar-refractivity contribution is -0.145. The summed E-state index contributed by atoms with van der Waals surface area (Å²) in [5.41, 5.74) is 3.71. The zero-order chi connectivity index (χ0) is 39.5. The van der Waals surface area contributed by atoms with E-state index in [-0.39, 0.29) is 67.0 Å². The number of aryl methyl sites for hydroxylation is 1. The van der Waals surface area contributed by atoms with E-state index < -0.39 is 36.3 Å². The number of rotatable bonds is 14. The predicted octanol–water partition coefficient (Wildman–Crippen LogP) is 2.95. The van der Waals surface area contributed by atoms with Crippen LogP contribution in [-0.2, 0) is 35.1 Å². The highest BCUT2D eigenvalue weighted by molar-refractivity contribution is 5.94. The van der Waals surface area contributed by atoms with Crippen molar-refractivity contribution in [2.24, 2.45) is 0 Å². The van der Waals surface area contributed by atoms with Crippen LogP contribution < -0.4 is 26.6 Å². The molecule has 2 fully saturated rings. The molecule has 0 spiro atoms. The van der Waals surface area contributed by atoms with E-state index in [4.69, 9.17) is 4.74 Å². The molecule has 0 saturated carbocycles. The van der Waals surface area contributed by atoms with Gasteiger partial charge in [-0.2, -0.15) is 0 Å². The molecule has 57 heavy (non-hydrogen) atoms. The molecule has 13 nitrogen and oxygen atoms in total. The van der Waals surface area contributed by atoms with Gasteiger partial charge in [0, 0.05) is 25.2 Å². The first-order valence-electron chi connectivity index (χ1n) is 19.7. The molecule has 5 amide bonds. The van der Waals surface area contributed by atoms with Gasteiger partial charge >= 0.3 is 0 Å². The highest BCUT2D eigenvalue weighted by Crippen LogP contribution is 2.30. The molecule has 0 aromatic heterocycles. The lowest BCUT2D eigenvalue weighted by Crippen LogP contribution is -2.59. The molecule has 0 bridgehead atoms. The number of halogens is 2. The SMILES string of the molecule is CN[C@@H](C)C(=O)N[C@H](C(=O)N1CCCC1)c1ccc(C#CCO[C@H](C)[C@H](NC(=O)[C@H](C)NC)C(=O)N2CCC[C@H]2C(=O)N[C@@H]2CCCc3ccccc32)cc1.Cl.Cl. The van der Waals surface area contributed by atoms with E-state index in [1.165, 1.54) is 5.56 Å². The Labute approximate surface area is 349 Å². The average Bonchev–Trinajstić information content (AvgIpc) is 3.94. The molecule has 2 saturated heterocycles. The Bertz CT molecular complexity index is 1750. The fourth-order valence-corrected chi connectivity index (χ4v) is 7.42. The summed E-state index contributed by atoms with van der Waals surface area (Å²) in [5, 5.41) is 14.8. The standard InChI is InChI=1S/C42H57N7O6.2ClH/c1-27(43-4)38(50)46-36(42(54)49-25-11-18-35(49)40(52)45-34-17-10-15-31-14-6-7-16-33(31)34)29(3)55-26-12-13-30-19-21-32(22-20-30)37(47-39(51)28(2)44-5)41(53)48-23-8-9-24-48;;/h6-7,14,16,19-22,27-29,34-37,43-44H,8-11,15,17-18,23-26H2,1-5H3,(H,45,52)(H,46,50)(H,47,51);2*1H/t27-,28-,29+,34+,35-,36-,37-;;/m0../s1. The smallest absolute Gasteiger partial charge is 0.249 e. The number of benzene rings is 2. The first kappa shape index (κ1) is 47.2. The van der Waals surface area contributed by atoms with Crippen LogP contribution in [0.3, 0.4) is 0 Å². The molecule has 5 rings (SSSR count). The minimum absolute atomic E-state index is 0. The topological polar surface area (TPSA) is 161 Å². The lowest BCUT2D eigenvalue weighted by atomic mass is 9.87. The van der Waals surface area contributed by atoms with E-state index in [0.717, 1.165) is 37.7 Å². The van der Waals surface area contributed by atoms with Gasteiger partial charge in [-0.25, -0.2) is 0 Å².